The maximum atomic E-state index is 13.0. The van der Waals surface area contributed by atoms with Gasteiger partial charge in [-0.25, -0.2) is 4.79 Å². The van der Waals surface area contributed by atoms with Gasteiger partial charge < -0.3 is 19.9 Å². The summed E-state index contributed by atoms with van der Waals surface area (Å²) in [6.45, 7) is 3.17. The molecule has 35 heavy (non-hydrogen) atoms. The van der Waals surface area contributed by atoms with E-state index in [4.69, 9.17) is 16.3 Å². The van der Waals surface area contributed by atoms with Crippen LogP contribution >= 0.6 is 11.6 Å². The molecule has 12 heteroatoms. The van der Waals surface area contributed by atoms with Gasteiger partial charge in [0, 0.05) is 37.2 Å². The van der Waals surface area contributed by atoms with Gasteiger partial charge in [0.2, 0.25) is 0 Å². The van der Waals surface area contributed by atoms with E-state index in [-0.39, 0.29) is 29.6 Å². The first-order chi connectivity index (χ1) is 16.7. The number of likely N-dealkylation sites (tertiary alicyclic amines) is 1. The van der Waals surface area contributed by atoms with E-state index < -0.39 is 17.8 Å². The molecule has 0 radical (unpaired) electrons. The second-order valence-corrected chi connectivity index (χ2v) is 9.68. The molecule has 0 bridgehead atoms. The summed E-state index contributed by atoms with van der Waals surface area (Å²) in [7, 11) is 0. The minimum Gasteiger partial charge on any atom is -0.445 e. The van der Waals surface area contributed by atoms with Gasteiger partial charge in [-0.15, -0.1) is 0 Å². The number of alkyl halides is 3. The molecule has 0 aliphatic carbocycles. The summed E-state index contributed by atoms with van der Waals surface area (Å²) in [6.07, 6.45) is -3.53. The molecular weight excluding hydrogens is 487 g/mol. The molecule has 2 aromatic rings. The molecule has 0 spiro atoms. The monoisotopic (exact) mass is 511 g/mol. The van der Waals surface area contributed by atoms with Crippen LogP contribution < -0.4 is 5.32 Å². The van der Waals surface area contributed by atoms with Crippen LogP contribution in [0, 0.1) is 5.92 Å². The van der Waals surface area contributed by atoms with Gasteiger partial charge in [-0.3, -0.25) is 9.48 Å². The number of fused-ring (bicyclic) bond motifs is 2. The lowest BCUT2D eigenvalue weighted by Gasteiger charge is -2.20. The van der Waals surface area contributed by atoms with E-state index in [9.17, 15) is 22.8 Å². The highest BCUT2D eigenvalue weighted by molar-refractivity contribution is 6.30. The Morgan fingerprint density at radius 2 is 1.97 bits per heavy atom. The molecule has 8 nitrogen and oxygen atoms in total. The van der Waals surface area contributed by atoms with Crippen molar-refractivity contribution in [1.82, 2.24) is 24.9 Å². The highest BCUT2D eigenvalue weighted by atomic mass is 35.5. The van der Waals surface area contributed by atoms with Crippen molar-refractivity contribution in [2.75, 3.05) is 26.2 Å². The number of benzene rings is 1. The Labute approximate surface area is 204 Å². The van der Waals surface area contributed by atoms with Crippen LogP contribution in [0.2, 0.25) is 5.02 Å². The van der Waals surface area contributed by atoms with Crippen LogP contribution in [-0.4, -0.2) is 63.8 Å². The first-order valence-corrected chi connectivity index (χ1v) is 11.9. The fourth-order valence-electron chi connectivity index (χ4n) is 5.03. The zero-order valence-electron chi connectivity index (χ0n) is 18.9. The van der Waals surface area contributed by atoms with Gasteiger partial charge in [0.15, 0.2) is 5.69 Å². The van der Waals surface area contributed by atoms with Gasteiger partial charge >= 0.3 is 12.3 Å². The molecule has 2 amide bonds. The number of aryl methyl sites for hydroxylation is 1. The average molecular weight is 512 g/mol. The molecule has 3 aliphatic rings. The third kappa shape index (κ3) is 5.11. The predicted molar refractivity (Wildman–Crippen MR) is 120 cm³/mol. The topological polar surface area (TPSA) is 79.7 Å². The standard InChI is InChI=1S/C23H25ClF3N5O3/c24-17-7-14(6-16(8-17)23(25,26)27)13-35-22(34)30-4-1-5-32-18(11-30)9-19(29-32)21(33)31-10-15-2-3-28-20(15)12-31/h6-9,15,20,28H,1-5,10-13H2. The molecule has 2 saturated heterocycles. The first kappa shape index (κ1) is 23.9. The number of nitrogens with one attached hydrogen (secondary N) is 1. The van der Waals surface area contributed by atoms with E-state index in [0.717, 1.165) is 31.6 Å². The van der Waals surface area contributed by atoms with E-state index in [1.165, 1.54) is 11.0 Å². The molecule has 2 atom stereocenters. The number of halogens is 4. The maximum absolute atomic E-state index is 13.0. The number of aromatic nitrogens is 2. The number of amides is 2. The van der Waals surface area contributed by atoms with Crippen LogP contribution in [0.5, 0.6) is 0 Å². The summed E-state index contributed by atoms with van der Waals surface area (Å²) in [5.74, 6) is 0.369. The van der Waals surface area contributed by atoms with Crippen molar-refractivity contribution in [3.8, 4) is 0 Å². The third-order valence-electron chi connectivity index (χ3n) is 6.79. The summed E-state index contributed by atoms with van der Waals surface area (Å²) < 4.78 is 46.1. The molecule has 2 fully saturated rings. The zero-order chi connectivity index (χ0) is 24.7. The smallest absolute Gasteiger partial charge is 0.416 e. The number of carbonyl (C=O) groups excluding carboxylic acids is 2. The number of rotatable bonds is 3. The lowest BCUT2D eigenvalue weighted by molar-refractivity contribution is -0.137. The maximum Gasteiger partial charge on any atom is 0.416 e. The first-order valence-electron chi connectivity index (χ1n) is 11.5. The third-order valence-corrected chi connectivity index (χ3v) is 7.01. The highest BCUT2D eigenvalue weighted by Crippen LogP contribution is 2.32. The number of nitrogens with zero attached hydrogens (tertiary/aromatic N) is 4. The summed E-state index contributed by atoms with van der Waals surface area (Å²) in [5, 5.41) is 7.83. The van der Waals surface area contributed by atoms with Crippen molar-refractivity contribution >= 4 is 23.6 Å². The molecule has 5 rings (SSSR count). The minimum absolute atomic E-state index is 0.0841. The summed E-state index contributed by atoms with van der Waals surface area (Å²) in [4.78, 5) is 29.0. The highest BCUT2D eigenvalue weighted by Gasteiger charge is 2.39. The molecule has 1 aromatic carbocycles. The summed E-state index contributed by atoms with van der Waals surface area (Å²) in [6, 6.07) is 5.13. The van der Waals surface area contributed by atoms with Gasteiger partial charge in [-0.05, 0) is 55.1 Å². The van der Waals surface area contributed by atoms with E-state index in [1.807, 2.05) is 4.90 Å². The van der Waals surface area contributed by atoms with Crippen LogP contribution in [0.25, 0.3) is 0 Å². The van der Waals surface area contributed by atoms with Gasteiger partial charge in [-0.2, -0.15) is 18.3 Å². The Morgan fingerprint density at radius 1 is 1.14 bits per heavy atom. The number of hydrogen-bond donors (Lipinski definition) is 1. The van der Waals surface area contributed by atoms with E-state index >= 15 is 0 Å². The zero-order valence-corrected chi connectivity index (χ0v) is 19.6. The lowest BCUT2D eigenvalue weighted by atomic mass is 10.1. The molecular formula is C23H25ClF3N5O3. The largest absolute Gasteiger partial charge is 0.445 e. The molecule has 4 heterocycles. The van der Waals surface area contributed by atoms with Gasteiger partial charge in [0.25, 0.3) is 5.91 Å². The van der Waals surface area contributed by atoms with Crippen molar-refractivity contribution in [3.63, 3.8) is 0 Å². The van der Waals surface area contributed by atoms with Crippen molar-refractivity contribution < 1.29 is 27.5 Å². The Morgan fingerprint density at radius 3 is 2.74 bits per heavy atom. The van der Waals surface area contributed by atoms with Crippen LogP contribution in [0.4, 0.5) is 18.0 Å². The number of carbonyl (C=O) groups is 2. The number of ether oxygens (including phenoxy) is 1. The van der Waals surface area contributed by atoms with Crippen molar-refractivity contribution in [1.29, 1.82) is 0 Å². The van der Waals surface area contributed by atoms with E-state index in [2.05, 4.69) is 10.4 Å². The fraction of sp³-hybridized carbons (Fsp3) is 0.522. The van der Waals surface area contributed by atoms with Crippen molar-refractivity contribution in [2.45, 2.75) is 44.8 Å². The predicted octanol–water partition coefficient (Wildman–Crippen LogP) is 3.53. The van der Waals surface area contributed by atoms with Crippen LogP contribution in [0.15, 0.2) is 24.3 Å². The van der Waals surface area contributed by atoms with Gasteiger partial charge in [0.1, 0.15) is 6.61 Å². The molecule has 1 aromatic heterocycles. The molecule has 188 valence electrons. The van der Waals surface area contributed by atoms with Gasteiger partial charge in [0.05, 0.1) is 17.8 Å². The Kier molecular flexibility index (Phi) is 6.39. The summed E-state index contributed by atoms with van der Waals surface area (Å²) in [5.41, 5.74) is 0.316. The average Bonchev–Trinajstić information content (AvgIpc) is 3.48. The SMILES string of the molecule is O=C(OCc1cc(Cl)cc(C(F)(F)F)c1)N1CCCn2nc(C(=O)N3CC4CCNC4C3)cc2C1. The quantitative estimate of drug-likeness (QED) is 0.682. The second kappa shape index (κ2) is 9.34. The van der Waals surface area contributed by atoms with Crippen LogP contribution in [0.3, 0.4) is 0 Å². The normalized spacial score (nSPS) is 22.1. The lowest BCUT2D eigenvalue weighted by Crippen LogP contribution is -2.34. The van der Waals surface area contributed by atoms with Crippen LogP contribution in [0.1, 0.15) is 40.2 Å². The van der Waals surface area contributed by atoms with Crippen molar-refractivity contribution in [2.24, 2.45) is 5.92 Å². The molecule has 1 N–H and O–H groups in total. The van der Waals surface area contributed by atoms with E-state index in [1.54, 1.807) is 10.7 Å². The Bertz CT molecular complexity index is 1130. The summed E-state index contributed by atoms with van der Waals surface area (Å²) >= 11 is 5.81. The second-order valence-electron chi connectivity index (χ2n) is 9.24. The Balaban J connectivity index is 1.22. The van der Waals surface area contributed by atoms with Crippen molar-refractivity contribution in [3.05, 3.63) is 51.8 Å². The molecule has 3 aliphatic heterocycles. The van der Waals surface area contributed by atoms with Crippen LogP contribution in [-0.2, 0) is 30.6 Å². The van der Waals surface area contributed by atoms with Gasteiger partial charge in [-0.1, -0.05) is 11.6 Å². The Hall–Kier alpha value is -2.79. The molecule has 0 saturated carbocycles. The fourth-order valence-corrected chi connectivity index (χ4v) is 5.29. The molecule has 2 unspecified atom stereocenters. The number of hydrogen-bond acceptors (Lipinski definition) is 5. The minimum atomic E-state index is -4.55. The van der Waals surface area contributed by atoms with E-state index in [0.29, 0.717) is 49.4 Å².